The molecule has 1 aliphatic heterocycles. The quantitative estimate of drug-likeness (QED) is 0.738. The van der Waals surface area contributed by atoms with Gasteiger partial charge in [-0.25, -0.2) is 4.98 Å². The summed E-state index contributed by atoms with van der Waals surface area (Å²) in [5, 5.41) is 1.94. The van der Waals surface area contributed by atoms with Crippen molar-refractivity contribution >= 4 is 17.2 Å². The molecule has 0 unspecified atom stereocenters. The molecule has 2 aromatic heterocycles. The molecule has 1 aliphatic rings. The SMILES string of the molecule is Cc1cnc(-c2ccccc2)n1C1CN(C(=O)c2cccs2)C1. The lowest BCUT2D eigenvalue weighted by Gasteiger charge is -2.40. The second kappa shape index (κ2) is 5.66. The molecule has 1 saturated heterocycles. The van der Waals surface area contributed by atoms with Gasteiger partial charge in [0.2, 0.25) is 0 Å². The number of imidazole rings is 1. The minimum atomic E-state index is 0.135. The Kier molecular flexibility index (Phi) is 3.50. The van der Waals surface area contributed by atoms with Gasteiger partial charge in [-0.3, -0.25) is 4.79 Å². The van der Waals surface area contributed by atoms with Gasteiger partial charge in [0.05, 0.1) is 10.9 Å². The summed E-state index contributed by atoms with van der Waals surface area (Å²) in [7, 11) is 0. The minimum absolute atomic E-state index is 0.135. The van der Waals surface area contributed by atoms with Crippen LogP contribution in [0.4, 0.5) is 0 Å². The number of likely N-dealkylation sites (tertiary alicyclic amines) is 1. The van der Waals surface area contributed by atoms with Crippen molar-refractivity contribution in [2.45, 2.75) is 13.0 Å². The fourth-order valence-corrected chi connectivity index (χ4v) is 3.74. The van der Waals surface area contributed by atoms with E-state index in [1.807, 2.05) is 46.8 Å². The van der Waals surface area contributed by atoms with Gasteiger partial charge in [-0.15, -0.1) is 11.3 Å². The minimum Gasteiger partial charge on any atom is -0.334 e. The van der Waals surface area contributed by atoms with Crippen molar-refractivity contribution in [3.63, 3.8) is 0 Å². The fraction of sp³-hybridized carbons (Fsp3) is 0.222. The Hall–Kier alpha value is -2.40. The number of aryl methyl sites for hydroxylation is 1. The second-order valence-corrected chi connectivity index (χ2v) is 6.75. The Morgan fingerprint density at radius 3 is 2.65 bits per heavy atom. The zero-order chi connectivity index (χ0) is 15.8. The van der Waals surface area contributed by atoms with Gasteiger partial charge < -0.3 is 9.47 Å². The lowest BCUT2D eigenvalue weighted by atomic mass is 10.1. The number of amides is 1. The van der Waals surface area contributed by atoms with E-state index in [1.54, 1.807) is 0 Å². The van der Waals surface area contributed by atoms with Gasteiger partial charge in [-0.1, -0.05) is 36.4 Å². The number of nitrogens with zero attached hydrogens (tertiary/aromatic N) is 3. The highest BCUT2D eigenvalue weighted by Gasteiger charge is 2.34. The number of aromatic nitrogens is 2. The average Bonchev–Trinajstić information content (AvgIpc) is 3.17. The number of carbonyl (C=O) groups excluding carboxylic acids is 1. The Morgan fingerprint density at radius 2 is 1.96 bits per heavy atom. The summed E-state index contributed by atoms with van der Waals surface area (Å²) in [6.45, 7) is 3.56. The summed E-state index contributed by atoms with van der Waals surface area (Å²) in [4.78, 5) is 19.6. The second-order valence-electron chi connectivity index (χ2n) is 5.80. The van der Waals surface area contributed by atoms with Crippen molar-refractivity contribution in [1.82, 2.24) is 14.5 Å². The van der Waals surface area contributed by atoms with Crippen molar-refractivity contribution in [2.24, 2.45) is 0 Å². The summed E-state index contributed by atoms with van der Waals surface area (Å²) in [6.07, 6.45) is 1.91. The normalized spacial score (nSPS) is 14.7. The first kappa shape index (κ1) is 14.2. The summed E-state index contributed by atoms with van der Waals surface area (Å²) >= 11 is 1.50. The van der Waals surface area contributed by atoms with Crippen LogP contribution < -0.4 is 0 Å². The number of hydrogen-bond acceptors (Lipinski definition) is 3. The fourth-order valence-electron chi connectivity index (χ4n) is 3.05. The molecule has 0 atom stereocenters. The first-order valence-corrected chi connectivity index (χ1v) is 8.54. The maximum absolute atomic E-state index is 12.4. The van der Waals surface area contributed by atoms with Crippen LogP contribution in [0, 0.1) is 6.92 Å². The molecule has 1 amide bonds. The predicted molar refractivity (Wildman–Crippen MR) is 91.7 cm³/mol. The Balaban J connectivity index is 1.55. The Labute approximate surface area is 139 Å². The van der Waals surface area contributed by atoms with Crippen LogP contribution in [0.5, 0.6) is 0 Å². The maximum atomic E-state index is 12.4. The van der Waals surface area contributed by atoms with E-state index in [1.165, 1.54) is 11.3 Å². The van der Waals surface area contributed by atoms with Gasteiger partial charge in [0.25, 0.3) is 5.91 Å². The lowest BCUT2D eigenvalue weighted by molar-refractivity contribution is 0.0525. The summed E-state index contributed by atoms with van der Waals surface area (Å²) in [5.74, 6) is 1.12. The van der Waals surface area contributed by atoms with Gasteiger partial charge >= 0.3 is 0 Å². The van der Waals surface area contributed by atoms with E-state index in [2.05, 4.69) is 28.6 Å². The summed E-state index contributed by atoms with van der Waals surface area (Å²) in [5.41, 5.74) is 2.25. The summed E-state index contributed by atoms with van der Waals surface area (Å²) in [6, 6.07) is 14.3. The number of benzene rings is 1. The molecular formula is C18H17N3OS. The van der Waals surface area contributed by atoms with Crippen LogP contribution in [0.2, 0.25) is 0 Å². The van der Waals surface area contributed by atoms with E-state index in [9.17, 15) is 4.79 Å². The van der Waals surface area contributed by atoms with Gasteiger partial charge in [0, 0.05) is 30.5 Å². The van der Waals surface area contributed by atoms with Crippen molar-refractivity contribution in [2.75, 3.05) is 13.1 Å². The van der Waals surface area contributed by atoms with Crippen LogP contribution in [0.3, 0.4) is 0 Å². The largest absolute Gasteiger partial charge is 0.334 e. The molecular weight excluding hydrogens is 306 g/mol. The van der Waals surface area contributed by atoms with Crippen LogP contribution in [-0.2, 0) is 0 Å². The molecule has 3 aromatic rings. The third kappa shape index (κ3) is 2.47. The molecule has 0 N–H and O–H groups in total. The first-order valence-electron chi connectivity index (χ1n) is 7.66. The third-order valence-corrected chi connectivity index (χ3v) is 5.12. The van der Waals surface area contributed by atoms with Crippen molar-refractivity contribution in [3.05, 3.63) is 64.6 Å². The lowest BCUT2D eigenvalue weighted by Crippen LogP contribution is -2.50. The van der Waals surface area contributed by atoms with Crippen LogP contribution >= 0.6 is 11.3 Å². The molecule has 5 heteroatoms. The van der Waals surface area contributed by atoms with Crippen molar-refractivity contribution in [1.29, 1.82) is 0 Å². The Morgan fingerprint density at radius 1 is 1.17 bits per heavy atom. The predicted octanol–water partition coefficient (Wildman–Crippen LogP) is 3.62. The zero-order valence-corrected chi connectivity index (χ0v) is 13.7. The van der Waals surface area contributed by atoms with Gasteiger partial charge in [0.1, 0.15) is 5.82 Å². The van der Waals surface area contributed by atoms with Crippen LogP contribution in [0.25, 0.3) is 11.4 Å². The van der Waals surface area contributed by atoms with E-state index in [-0.39, 0.29) is 5.91 Å². The first-order chi connectivity index (χ1) is 11.2. The molecule has 1 fully saturated rings. The van der Waals surface area contributed by atoms with Gasteiger partial charge in [-0.2, -0.15) is 0 Å². The highest BCUT2D eigenvalue weighted by molar-refractivity contribution is 7.12. The van der Waals surface area contributed by atoms with Crippen molar-refractivity contribution < 1.29 is 4.79 Å². The smallest absolute Gasteiger partial charge is 0.264 e. The molecule has 0 aliphatic carbocycles. The molecule has 1 aromatic carbocycles. The topological polar surface area (TPSA) is 38.1 Å². The molecule has 0 radical (unpaired) electrons. The van der Waals surface area contributed by atoms with E-state index in [4.69, 9.17) is 0 Å². The number of rotatable bonds is 3. The number of hydrogen-bond donors (Lipinski definition) is 0. The molecule has 4 rings (SSSR count). The molecule has 0 saturated carbocycles. The van der Waals surface area contributed by atoms with Crippen LogP contribution in [-0.4, -0.2) is 33.4 Å². The number of thiophene rings is 1. The van der Waals surface area contributed by atoms with E-state index in [0.29, 0.717) is 6.04 Å². The molecule has 0 spiro atoms. The molecule has 3 heterocycles. The monoisotopic (exact) mass is 323 g/mol. The zero-order valence-electron chi connectivity index (χ0n) is 12.8. The third-order valence-electron chi connectivity index (χ3n) is 4.26. The van der Waals surface area contributed by atoms with E-state index >= 15 is 0 Å². The van der Waals surface area contributed by atoms with E-state index in [0.717, 1.165) is 35.0 Å². The summed E-state index contributed by atoms with van der Waals surface area (Å²) < 4.78 is 2.26. The molecule has 4 nitrogen and oxygen atoms in total. The molecule has 23 heavy (non-hydrogen) atoms. The molecule has 0 bridgehead atoms. The van der Waals surface area contributed by atoms with Gasteiger partial charge in [-0.05, 0) is 18.4 Å². The van der Waals surface area contributed by atoms with Crippen LogP contribution in [0.1, 0.15) is 21.4 Å². The Bertz CT molecular complexity index is 817. The average molecular weight is 323 g/mol. The number of carbonyl (C=O) groups is 1. The van der Waals surface area contributed by atoms with E-state index < -0.39 is 0 Å². The maximum Gasteiger partial charge on any atom is 0.264 e. The highest BCUT2D eigenvalue weighted by atomic mass is 32.1. The van der Waals surface area contributed by atoms with Crippen molar-refractivity contribution in [3.8, 4) is 11.4 Å². The van der Waals surface area contributed by atoms with Gasteiger partial charge in [0.15, 0.2) is 0 Å². The highest BCUT2D eigenvalue weighted by Crippen LogP contribution is 2.30. The van der Waals surface area contributed by atoms with Crippen LogP contribution in [0.15, 0.2) is 54.0 Å². The molecule has 116 valence electrons. The standard InChI is InChI=1S/C18H17N3OS/c1-13-10-19-17(14-6-3-2-4-7-14)21(13)15-11-20(12-15)18(22)16-8-5-9-23-16/h2-10,15H,11-12H2,1H3.